The van der Waals surface area contributed by atoms with Gasteiger partial charge < -0.3 is 15.4 Å². The molecule has 0 aliphatic carbocycles. The Balaban J connectivity index is 1.56. The molecule has 1 saturated heterocycles. The van der Waals surface area contributed by atoms with Crippen LogP contribution in [0.3, 0.4) is 0 Å². The number of hydrazone groups is 1. The van der Waals surface area contributed by atoms with Gasteiger partial charge in [-0.1, -0.05) is 5.41 Å². The topological polar surface area (TPSA) is 118 Å². The summed E-state index contributed by atoms with van der Waals surface area (Å²) in [6.45, 7) is 1.24. The fraction of sp³-hybridized carbons (Fsp3) is 0.217. The third kappa shape index (κ3) is 4.67. The minimum atomic E-state index is -0.826. The Kier molecular flexibility index (Phi) is 6.04. The van der Waals surface area contributed by atoms with Gasteiger partial charge in [0.15, 0.2) is 23.3 Å². The molecule has 1 atom stereocenters. The molecule has 2 heterocycles. The van der Waals surface area contributed by atoms with Crippen LogP contribution >= 0.6 is 0 Å². The second kappa shape index (κ2) is 9.08. The number of piperidine rings is 1. The molecular formula is C23H21F2N6O2+. The van der Waals surface area contributed by atoms with Gasteiger partial charge in [0, 0.05) is 30.6 Å². The molecule has 0 saturated carbocycles. The van der Waals surface area contributed by atoms with Crippen LogP contribution in [0.2, 0.25) is 0 Å². The van der Waals surface area contributed by atoms with Crippen molar-refractivity contribution >= 4 is 23.7 Å². The molecule has 0 unspecified atom stereocenters. The van der Waals surface area contributed by atoms with E-state index in [0.717, 1.165) is 25.0 Å². The lowest BCUT2D eigenvalue weighted by Gasteiger charge is -2.25. The average Bonchev–Trinajstić information content (AvgIpc) is 3.12. The number of hydrogen-bond donors (Lipinski definition) is 3. The van der Waals surface area contributed by atoms with E-state index in [1.54, 1.807) is 35.4 Å². The van der Waals surface area contributed by atoms with Crippen LogP contribution in [-0.4, -0.2) is 40.6 Å². The van der Waals surface area contributed by atoms with E-state index in [2.05, 4.69) is 11.6 Å². The zero-order valence-corrected chi connectivity index (χ0v) is 17.5. The molecule has 33 heavy (non-hydrogen) atoms. The van der Waals surface area contributed by atoms with Gasteiger partial charge in [0.05, 0.1) is 0 Å². The Morgan fingerprint density at radius 1 is 1.30 bits per heavy atom. The smallest absolute Gasteiger partial charge is 0.353 e. The van der Waals surface area contributed by atoms with Crippen LogP contribution in [0.1, 0.15) is 18.4 Å². The Morgan fingerprint density at radius 2 is 2.06 bits per heavy atom. The Hall–Kier alpha value is -4.26. The summed E-state index contributed by atoms with van der Waals surface area (Å²) >= 11 is 0. The van der Waals surface area contributed by atoms with Gasteiger partial charge in [-0.15, -0.1) is 4.68 Å². The van der Waals surface area contributed by atoms with Crippen molar-refractivity contribution in [1.82, 2.24) is 10.3 Å². The highest BCUT2D eigenvalue weighted by Gasteiger charge is 2.36. The zero-order valence-electron chi connectivity index (χ0n) is 17.5. The minimum Gasteiger partial charge on any atom is -0.454 e. The molecule has 0 bridgehead atoms. The monoisotopic (exact) mass is 451 g/mol. The molecule has 0 radical (unpaired) electrons. The van der Waals surface area contributed by atoms with Crippen LogP contribution in [0.15, 0.2) is 48.0 Å². The lowest BCUT2D eigenvalue weighted by molar-refractivity contribution is -0.452. The predicted octanol–water partition coefficient (Wildman–Crippen LogP) is 2.73. The van der Waals surface area contributed by atoms with Gasteiger partial charge in [0.1, 0.15) is 23.5 Å². The molecule has 2 aromatic rings. The normalized spacial score (nSPS) is 19.4. The molecule has 2 aliphatic rings. The van der Waals surface area contributed by atoms with E-state index in [0.29, 0.717) is 30.1 Å². The van der Waals surface area contributed by atoms with Gasteiger partial charge in [-0.3, -0.25) is 4.79 Å². The lowest BCUT2D eigenvalue weighted by atomic mass is 10.00. The van der Waals surface area contributed by atoms with Crippen molar-refractivity contribution in [2.75, 3.05) is 13.1 Å². The molecule has 4 N–H and O–H groups in total. The Labute approximate surface area is 188 Å². The summed E-state index contributed by atoms with van der Waals surface area (Å²) in [5, 5.41) is 17.6. The average molecular weight is 451 g/mol. The number of amides is 1. The fourth-order valence-corrected chi connectivity index (χ4v) is 3.84. The molecule has 8 nitrogen and oxygen atoms in total. The Morgan fingerprint density at radius 3 is 2.73 bits per heavy atom. The summed E-state index contributed by atoms with van der Waals surface area (Å²) in [7, 11) is 0. The fourth-order valence-electron chi connectivity index (χ4n) is 3.84. The number of ether oxygens (including phenoxy) is 1. The minimum absolute atomic E-state index is 0.0254. The molecule has 0 aromatic heterocycles. The molecule has 1 fully saturated rings. The number of primary amides is 1. The summed E-state index contributed by atoms with van der Waals surface area (Å²) in [4.78, 5) is 13.8. The summed E-state index contributed by atoms with van der Waals surface area (Å²) in [6, 6.07) is 9.42. The Bertz CT molecular complexity index is 1220. The van der Waals surface area contributed by atoms with E-state index in [4.69, 9.17) is 21.1 Å². The van der Waals surface area contributed by atoms with Crippen molar-refractivity contribution < 1.29 is 23.0 Å². The third-order valence-electron chi connectivity index (χ3n) is 5.43. The van der Waals surface area contributed by atoms with Crippen LogP contribution in [-0.2, 0) is 4.79 Å². The van der Waals surface area contributed by atoms with Gasteiger partial charge in [-0.25, -0.2) is 14.2 Å². The largest absolute Gasteiger partial charge is 0.454 e. The first-order chi connectivity index (χ1) is 15.9. The number of nitrogens with zero attached hydrogens (tertiary/aromatic N) is 3. The lowest BCUT2D eigenvalue weighted by Crippen LogP contribution is -2.37. The van der Waals surface area contributed by atoms with Gasteiger partial charge in [-0.05, 0) is 49.2 Å². The number of likely N-dealkylation sites (tertiary alicyclic amines) is 1. The van der Waals surface area contributed by atoms with Gasteiger partial charge in [-0.2, -0.15) is 5.26 Å². The second-order valence-electron chi connectivity index (χ2n) is 7.74. The summed E-state index contributed by atoms with van der Waals surface area (Å²) < 4.78 is 33.8. The molecule has 10 heteroatoms. The van der Waals surface area contributed by atoms with Crippen LogP contribution < -0.4 is 15.9 Å². The summed E-state index contributed by atoms with van der Waals surface area (Å²) in [5.41, 5.74) is 9.54. The maximum atomic E-state index is 13.8. The van der Waals surface area contributed by atoms with Crippen molar-refractivity contribution in [1.29, 1.82) is 10.7 Å². The molecule has 2 aliphatic heterocycles. The number of carbonyl (C=O) groups excluding carboxylic acids is 1. The van der Waals surface area contributed by atoms with Crippen molar-refractivity contribution in [3.8, 4) is 17.7 Å². The predicted molar refractivity (Wildman–Crippen MR) is 116 cm³/mol. The van der Waals surface area contributed by atoms with Gasteiger partial charge in [0.25, 0.3) is 5.91 Å². The quantitative estimate of drug-likeness (QED) is 0.477. The zero-order chi connectivity index (χ0) is 23.5. The van der Waals surface area contributed by atoms with Crippen LogP contribution in [0.25, 0.3) is 5.70 Å². The van der Waals surface area contributed by atoms with E-state index < -0.39 is 17.5 Å². The maximum absolute atomic E-state index is 13.8. The number of rotatable bonds is 5. The van der Waals surface area contributed by atoms with Crippen molar-refractivity contribution in [2.24, 2.45) is 11.7 Å². The number of nitrogens with two attached hydrogens (primary N) is 1. The first kappa shape index (κ1) is 22.0. The first-order valence-corrected chi connectivity index (χ1v) is 10.3. The van der Waals surface area contributed by atoms with E-state index in [1.807, 2.05) is 0 Å². The maximum Gasteiger partial charge on any atom is 0.353 e. The first-order valence-electron chi connectivity index (χ1n) is 10.3. The van der Waals surface area contributed by atoms with E-state index in [1.165, 1.54) is 10.8 Å². The number of nitrogens with one attached hydrogen (secondary N) is 2. The number of carbonyl (C=O) groups is 1. The molecule has 168 valence electrons. The molecule has 0 spiro atoms. The number of benzene rings is 2. The van der Waals surface area contributed by atoms with Crippen molar-refractivity contribution in [2.45, 2.75) is 12.8 Å². The number of amidine groups is 1. The summed E-state index contributed by atoms with van der Waals surface area (Å²) in [5.74, 6) is -2.16. The molecule has 1 amide bonds. The van der Waals surface area contributed by atoms with Crippen molar-refractivity contribution in [3.05, 3.63) is 65.2 Å². The van der Waals surface area contributed by atoms with E-state index in [9.17, 15) is 13.6 Å². The number of hydrazine groups is 1. The van der Waals surface area contributed by atoms with E-state index >= 15 is 0 Å². The number of halogens is 2. The highest BCUT2D eigenvalue weighted by atomic mass is 19.1. The highest BCUT2D eigenvalue weighted by Crippen LogP contribution is 2.28. The summed E-state index contributed by atoms with van der Waals surface area (Å²) in [6.07, 6.45) is 5.65. The van der Waals surface area contributed by atoms with Crippen LogP contribution in [0.4, 0.5) is 8.78 Å². The van der Waals surface area contributed by atoms with Crippen LogP contribution in [0.5, 0.6) is 11.5 Å². The third-order valence-corrected chi connectivity index (χ3v) is 5.43. The molecular weight excluding hydrogens is 430 g/mol. The molecule has 2 aromatic carbocycles. The SMILES string of the molecule is N#CN1CCC[C@H](/C=[N+]2\NC(c3ccc(Oc4ccc(F)cc4F)cc3)=C(C(N)=O)C2=N)C1. The van der Waals surface area contributed by atoms with Gasteiger partial charge >= 0.3 is 5.84 Å². The van der Waals surface area contributed by atoms with Crippen LogP contribution in [0, 0.1) is 34.4 Å². The number of nitriles is 1. The number of hydrogen-bond acceptors (Lipinski definition) is 6. The van der Waals surface area contributed by atoms with E-state index in [-0.39, 0.29) is 23.1 Å². The standard InChI is InChI=1S/C23H20F2N6O2/c24-16-5-8-19(18(25)10-16)33-17-6-3-15(4-7-17)21-20(23(28)32)22(27)31(29-21)12-14-2-1-9-30(11-14)13-26/h3-8,10,12,14H,1-2,9,11H2,(H3-,27,28,29,32)/p+1/b31-12-/t14-/m0/s1. The van der Waals surface area contributed by atoms with Crippen molar-refractivity contribution in [3.63, 3.8) is 0 Å². The molecule has 4 rings (SSSR count). The highest BCUT2D eigenvalue weighted by molar-refractivity contribution is 6.23. The van der Waals surface area contributed by atoms with Gasteiger partial charge in [0.2, 0.25) is 0 Å². The second-order valence-corrected chi connectivity index (χ2v) is 7.74.